The van der Waals surface area contributed by atoms with Crippen LogP contribution in [0.4, 0.5) is 4.79 Å². The number of carbonyl (C=O) groups is 3. The van der Waals surface area contributed by atoms with Crippen molar-refractivity contribution >= 4 is 18.0 Å². The number of alkyl carbamates (subject to hydrolysis) is 1. The molecule has 2 amide bonds. The van der Waals surface area contributed by atoms with Crippen LogP contribution in [0.15, 0.2) is 36.9 Å². The maximum atomic E-state index is 11.9. The Morgan fingerprint density at radius 2 is 1.82 bits per heavy atom. The number of aryl methyl sites for hydroxylation is 1. The Kier molecular flexibility index (Phi) is 11.1. The first kappa shape index (κ1) is 23.2. The van der Waals surface area contributed by atoms with Crippen LogP contribution in [0.5, 0.6) is 0 Å². The maximum Gasteiger partial charge on any atom is 0.408 e. The molecule has 1 rings (SSSR count). The topological polar surface area (TPSA) is 105 Å². The highest BCUT2D eigenvalue weighted by Crippen LogP contribution is 2.09. The Morgan fingerprint density at radius 1 is 1.14 bits per heavy atom. The number of amides is 2. The zero-order chi connectivity index (χ0) is 20.8. The minimum absolute atomic E-state index is 0.0831. The molecule has 0 unspecified atom stereocenters. The van der Waals surface area contributed by atoms with Crippen LogP contribution in [0.25, 0.3) is 0 Å². The lowest BCUT2D eigenvalue weighted by atomic mass is 10.1. The van der Waals surface area contributed by atoms with Crippen molar-refractivity contribution in [3.8, 4) is 0 Å². The number of benzene rings is 1. The van der Waals surface area contributed by atoms with E-state index in [-0.39, 0.29) is 18.9 Å². The van der Waals surface area contributed by atoms with E-state index in [1.165, 1.54) is 11.6 Å². The van der Waals surface area contributed by atoms with Gasteiger partial charge in [0, 0.05) is 6.54 Å². The largest absolute Gasteiger partial charge is 0.480 e. The number of nitrogens with one attached hydrogen (secondary N) is 2. The summed E-state index contributed by atoms with van der Waals surface area (Å²) >= 11 is 0. The van der Waals surface area contributed by atoms with Crippen LogP contribution < -0.4 is 10.6 Å². The van der Waals surface area contributed by atoms with Crippen molar-refractivity contribution in [3.63, 3.8) is 0 Å². The van der Waals surface area contributed by atoms with Gasteiger partial charge < -0.3 is 20.5 Å². The highest BCUT2D eigenvalue weighted by atomic mass is 16.5. The van der Waals surface area contributed by atoms with E-state index in [4.69, 9.17) is 4.74 Å². The molecule has 0 radical (unpaired) electrons. The van der Waals surface area contributed by atoms with Crippen LogP contribution in [0, 0.1) is 0 Å². The summed E-state index contributed by atoms with van der Waals surface area (Å²) in [4.78, 5) is 34.2. The van der Waals surface area contributed by atoms with E-state index in [1.807, 2.05) is 24.3 Å². The van der Waals surface area contributed by atoms with Gasteiger partial charge in [-0.2, -0.15) is 0 Å². The van der Waals surface area contributed by atoms with Crippen molar-refractivity contribution in [3.05, 3.63) is 48.0 Å². The second-order valence-electron chi connectivity index (χ2n) is 6.52. The van der Waals surface area contributed by atoms with E-state index in [0.717, 1.165) is 24.8 Å². The molecule has 7 nitrogen and oxygen atoms in total. The standard InChI is InChI=1S/C21H30N2O5/c1-3-5-8-16-10-12-17(13-11-16)15-28-21(27)23-18(20(25)26)9-6-7-14-22-19(24)4-2/h4,10-13,18H,2-3,5-9,14-15H2,1H3,(H,22,24)(H,23,27)(H,25,26)/t18-/m0/s1. The highest BCUT2D eigenvalue weighted by Gasteiger charge is 2.20. The lowest BCUT2D eigenvalue weighted by Gasteiger charge is -2.14. The molecule has 154 valence electrons. The van der Waals surface area contributed by atoms with Crippen molar-refractivity contribution in [2.24, 2.45) is 0 Å². The maximum absolute atomic E-state index is 11.9. The molecular formula is C21H30N2O5. The first-order chi connectivity index (χ1) is 13.5. The van der Waals surface area contributed by atoms with Gasteiger partial charge in [0.2, 0.25) is 5.91 Å². The van der Waals surface area contributed by atoms with Gasteiger partial charge in [-0.15, -0.1) is 0 Å². The van der Waals surface area contributed by atoms with Crippen LogP contribution in [0.1, 0.15) is 50.2 Å². The Hall–Kier alpha value is -2.83. The first-order valence-electron chi connectivity index (χ1n) is 9.60. The minimum atomic E-state index is -1.12. The van der Waals surface area contributed by atoms with Crippen LogP contribution in [0.3, 0.4) is 0 Å². The number of carbonyl (C=O) groups excluding carboxylic acids is 2. The zero-order valence-electron chi connectivity index (χ0n) is 16.4. The van der Waals surface area contributed by atoms with Gasteiger partial charge in [0.1, 0.15) is 12.6 Å². The molecule has 0 saturated heterocycles. The lowest BCUT2D eigenvalue weighted by molar-refractivity contribution is -0.139. The smallest absolute Gasteiger partial charge is 0.408 e. The summed E-state index contributed by atoms with van der Waals surface area (Å²) in [5.41, 5.74) is 2.09. The summed E-state index contributed by atoms with van der Waals surface area (Å²) in [6, 6.07) is 6.81. The number of carboxylic acid groups (broad SMARTS) is 1. The Morgan fingerprint density at radius 3 is 2.43 bits per heavy atom. The number of carboxylic acids is 1. The van der Waals surface area contributed by atoms with Gasteiger partial charge in [0.15, 0.2) is 0 Å². The average Bonchev–Trinajstić information content (AvgIpc) is 2.69. The van der Waals surface area contributed by atoms with Gasteiger partial charge in [0.05, 0.1) is 0 Å². The van der Waals surface area contributed by atoms with Gasteiger partial charge in [-0.05, 0) is 49.3 Å². The van der Waals surface area contributed by atoms with Crippen molar-refractivity contribution in [2.45, 2.75) is 58.1 Å². The van der Waals surface area contributed by atoms with Gasteiger partial charge in [-0.3, -0.25) is 4.79 Å². The van der Waals surface area contributed by atoms with E-state index >= 15 is 0 Å². The molecule has 1 aromatic carbocycles. The van der Waals surface area contributed by atoms with E-state index in [9.17, 15) is 19.5 Å². The highest BCUT2D eigenvalue weighted by molar-refractivity contribution is 5.86. The molecule has 0 bridgehead atoms. The van der Waals surface area contributed by atoms with Crippen molar-refractivity contribution in [1.29, 1.82) is 0 Å². The summed E-state index contributed by atoms with van der Waals surface area (Å²) < 4.78 is 5.12. The molecule has 1 aromatic rings. The molecule has 0 aliphatic carbocycles. The van der Waals surface area contributed by atoms with Gasteiger partial charge in [-0.1, -0.05) is 44.2 Å². The van der Waals surface area contributed by atoms with Gasteiger partial charge >= 0.3 is 12.1 Å². The molecule has 0 spiro atoms. The van der Waals surface area contributed by atoms with E-state index in [1.54, 1.807) is 0 Å². The number of hydrogen-bond donors (Lipinski definition) is 3. The zero-order valence-corrected chi connectivity index (χ0v) is 16.4. The Bertz CT molecular complexity index is 643. The fraction of sp³-hybridized carbons (Fsp3) is 0.476. The first-order valence-corrected chi connectivity index (χ1v) is 9.60. The van der Waals surface area contributed by atoms with Crippen molar-refractivity contribution in [1.82, 2.24) is 10.6 Å². The number of unbranched alkanes of at least 4 members (excludes halogenated alkanes) is 2. The van der Waals surface area contributed by atoms with Gasteiger partial charge in [-0.25, -0.2) is 9.59 Å². The lowest BCUT2D eigenvalue weighted by Crippen LogP contribution is -2.41. The van der Waals surface area contributed by atoms with E-state index in [0.29, 0.717) is 19.4 Å². The monoisotopic (exact) mass is 390 g/mol. The average molecular weight is 390 g/mol. The molecular weight excluding hydrogens is 360 g/mol. The van der Waals surface area contributed by atoms with Crippen LogP contribution >= 0.6 is 0 Å². The predicted molar refractivity (Wildman–Crippen MR) is 107 cm³/mol. The number of hydrogen-bond acceptors (Lipinski definition) is 4. The molecule has 28 heavy (non-hydrogen) atoms. The number of ether oxygens (including phenoxy) is 1. The summed E-state index contributed by atoms with van der Waals surface area (Å²) in [5.74, 6) is -1.39. The number of rotatable bonds is 13. The van der Waals surface area contributed by atoms with Crippen molar-refractivity contribution < 1.29 is 24.2 Å². The van der Waals surface area contributed by atoms with Crippen molar-refractivity contribution in [2.75, 3.05) is 6.54 Å². The second-order valence-corrected chi connectivity index (χ2v) is 6.52. The van der Waals surface area contributed by atoms with E-state index < -0.39 is 18.1 Å². The third-order valence-corrected chi connectivity index (χ3v) is 4.21. The predicted octanol–water partition coefficient (Wildman–Crippen LogP) is 3.18. The summed E-state index contributed by atoms with van der Waals surface area (Å²) in [6.07, 6.45) is 5.10. The van der Waals surface area contributed by atoms with Crippen LogP contribution in [-0.2, 0) is 27.4 Å². The fourth-order valence-electron chi connectivity index (χ4n) is 2.53. The quantitative estimate of drug-likeness (QED) is 0.354. The minimum Gasteiger partial charge on any atom is -0.480 e. The third kappa shape index (κ3) is 9.75. The fourth-order valence-corrected chi connectivity index (χ4v) is 2.53. The third-order valence-electron chi connectivity index (χ3n) is 4.21. The molecule has 3 N–H and O–H groups in total. The molecule has 0 heterocycles. The number of aliphatic carboxylic acids is 1. The van der Waals surface area contributed by atoms with Crippen LogP contribution in [0.2, 0.25) is 0 Å². The summed E-state index contributed by atoms with van der Waals surface area (Å²) in [6.45, 7) is 6.00. The molecule has 0 aliphatic heterocycles. The molecule has 0 aliphatic rings. The molecule has 7 heteroatoms. The molecule has 0 fully saturated rings. The molecule has 1 atom stereocenters. The second kappa shape index (κ2) is 13.4. The summed E-state index contributed by atoms with van der Waals surface area (Å²) in [7, 11) is 0. The molecule has 0 saturated carbocycles. The summed E-state index contributed by atoms with van der Waals surface area (Å²) in [5, 5.41) is 14.2. The van der Waals surface area contributed by atoms with E-state index in [2.05, 4.69) is 24.1 Å². The van der Waals surface area contributed by atoms with Crippen LogP contribution in [-0.4, -0.2) is 35.7 Å². The normalized spacial score (nSPS) is 11.3. The SMILES string of the molecule is C=CC(=O)NCCCC[C@H](NC(=O)OCc1ccc(CCCC)cc1)C(=O)O. The van der Waals surface area contributed by atoms with Gasteiger partial charge in [0.25, 0.3) is 0 Å². The Labute approximate surface area is 166 Å². The Balaban J connectivity index is 2.34. The molecule has 0 aromatic heterocycles.